The van der Waals surface area contributed by atoms with E-state index < -0.39 is 0 Å². The van der Waals surface area contributed by atoms with Gasteiger partial charge in [-0.1, -0.05) is 24.3 Å². The predicted molar refractivity (Wildman–Crippen MR) is 81.1 cm³/mol. The van der Waals surface area contributed by atoms with E-state index in [2.05, 4.69) is 30.8 Å². The van der Waals surface area contributed by atoms with Gasteiger partial charge in [-0.15, -0.1) is 24.0 Å². The molecule has 0 spiro atoms. The van der Waals surface area contributed by atoms with Gasteiger partial charge < -0.3 is 4.90 Å². The molecule has 2 heterocycles. The standard InChI is InChI=1S/C15H15NOS2/c17-15(14-8-13(18)10-19-14)16-7-3-6-11-4-1-2-5-12(11)9-16/h1-2,4-5,8,10,18H,3,6-7,9H2. The minimum atomic E-state index is 0.127. The number of benzene rings is 1. The number of carbonyl (C=O) groups is 1. The zero-order chi connectivity index (χ0) is 13.2. The molecule has 1 aliphatic rings. The molecule has 0 N–H and O–H groups in total. The van der Waals surface area contributed by atoms with Gasteiger partial charge in [-0.05, 0) is 30.0 Å². The Morgan fingerprint density at radius 1 is 1.26 bits per heavy atom. The lowest BCUT2D eigenvalue weighted by atomic mass is 10.0. The molecule has 19 heavy (non-hydrogen) atoms. The molecule has 98 valence electrons. The summed E-state index contributed by atoms with van der Waals surface area (Å²) in [6, 6.07) is 10.3. The van der Waals surface area contributed by atoms with E-state index in [0.717, 1.165) is 35.7 Å². The van der Waals surface area contributed by atoms with Crippen molar-refractivity contribution in [2.75, 3.05) is 6.54 Å². The van der Waals surface area contributed by atoms with E-state index in [1.54, 1.807) is 0 Å². The van der Waals surface area contributed by atoms with Crippen LogP contribution in [0.3, 0.4) is 0 Å². The average Bonchev–Trinajstić information content (AvgIpc) is 2.74. The number of aryl methyl sites for hydroxylation is 1. The molecule has 2 nitrogen and oxygen atoms in total. The van der Waals surface area contributed by atoms with Crippen LogP contribution in [-0.4, -0.2) is 17.4 Å². The molecule has 1 amide bonds. The van der Waals surface area contributed by atoms with Gasteiger partial charge in [-0.25, -0.2) is 0 Å². The summed E-state index contributed by atoms with van der Waals surface area (Å²) in [4.78, 5) is 16.1. The van der Waals surface area contributed by atoms with Crippen LogP contribution in [0.15, 0.2) is 40.6 Å². The van der Waals surface area contributed by atoms with Crippen molar-refractivity contribution in [3.8, 4) is 0 Å². The molecule has 0 bridgehead atoms. The lowest BCUT2D eigenvalue weighted by Crippen LogP contribution is -2.30. The summed E-state index contributed by atoms with van der Waals surface area (Å²) in [6.07, 6.45) is 2.09. The van der Waals surface area contributed by atoms with E-state index in [1.807, 2.05) is 22.4 Å². The third-order valence-corrected chi connectivity index (χ3v) is 4.79. The number of nitrogens with zero attached hydrogens (tertiary/aromatic N) is 1. The molecule has 0 saturated heterocycles. The first-order valence-corrected chi connectivity index (χ1v) is 7.70. The van der Waals surface area contributed by atoms with Gasteiger partial charge in [0.15, 0.2) is 0 Å². The van der Waals surface area contributed by atoms with Gasteiger partial charge in [0.2, 0.25) is 0 Å². The zero-order valence-electron chi connectivity index (χ0n) is 10.5. The Labute approximate surface area is 122 Å². The molecular weight excluding hydrogens is 274 g/mol. The SMILES string of the molecule is O=C(c1cc(S)cs1)N1CCCc2ccccc2C1. The van der Waals surface area contributed by atoms with Crippen molar-refractivity contribution in [3.05, 3.63) is 51.7 Å². The molecule has 4 heteroatoms. The second-order valence-electron chi connectivity index (χ2n) is 4.77. The number of hydrogen-bond acceptors (Lipinski definition) is 3. The third-order valence-electron chi connectivity index (χ3n) is 3.44. The van der Waals surface area contributed by atoms with Gasteiger partial charge in [0.05, 0.1) is 4.88 Å². The lowest BCUT2D eigenvalue weighted by Gasteiger charge is -2.20. The zero-order valence-corrected chi connectivity index (χ0v) is 12.2. The minimum Gasteiger partial charge on any atom is -0.334 e. The summed E-state index contributed by atoms with van der Waals surface area (Å²) in [6.45, 7) is 1.54. The van der Waals surface area contributed by atoms with Gasteiger partial charge in [-0.2, -0.15) is 0 Å². The molecule has 0 radical (unpaired) electrons. The normalized spacial score (nSPS) is 14.9. The summed E-state index contributed by atoms with van der Waals surface area (Å²) in [5, 5.41) is 1.90. The fourth-order valence-electron chi connectivity index (χ4n) is 2.47. The van der Waals surface area contributed by atoms with Crippen LogP contribution in [0.25, 0.3) is 0 Å². The van der Waals surface area contributed by atoms with Crippen LogP contribution in [0.5, 0.6) is 0 Å². The fraction of sp³-hybridized carbons (Fsp3) is 0.267. The fourth-order valence-corrected chi connectivity index (χ4v) is 3.58. The van der Waals surface area contributed by atoms with Crippen molar-refractivity contribution in [1.29, 1.82) is 0 Å². The van der Waals surface area contributed by atoms with E-state index in [9.17, 15) is 4.79 Å². The van der Waals surface area contributed by atoms with Crippen LogP contribution in [0.2, 0.25) is 0 Å². The largest absolute Gasteiger partial charge is 0.334 e. The molecule has 3 rings (SSSR count). The lowest BCUT2D eigenvalue weighted by molar-refractivity contribution is 0.0750. The smallest absolute Gasteiger partial charge is 0.264 e. The molecule has 0 atom stereocenters. The Kier molecular flexibility index (Phi) is 3.62. The molecule has 1 aromatic heterocycles. The molecule has 1 aromatic carbocycles. The molecule has 0 aliphatic carbocycles. The molecular formula is C15H15NOS2. The Bertz CT molecular complexity index is 606. The Balaban J connectivity index is 1.84. The molecule has 0 saturated carbocycles. The average molecular weight is 289 g/mol. The van der Waals surface area contributed by atoms with Crippen molar-refractivity contribution in [2.24, 2.45) is 0 Å². The summed E-state index contributed by atoms with van der Waals surface area (Å²) >= 11 is 5.74. The highest BCUT2D eigenvalue weighted by atomic mass is 32.1. The Morgan fingerprint density at radius 3 is 2.79 bits per heavy atom. The summed E-state index contributed by atoms with van der Waals surface area (Å²) in [5.41, 5.74) is 2.65. The van der Waals surface area contributed by atoms with Crippen LogP contribution in [-0.2, 0) is 13.0 Å². The van der Waals surface area contributed by atoms with Gasteiger partial charge in [0.25, 0.3) is 5.91 Å². The summed E-state index contributed by atoms with van der Waals surface area (Å²) in [5.74, 6) is 0.127. The highest BCUT2D eigenvalue weighted by molar-refractivity contribution is 7.80. The van der Waals surface area contributed by atoms with Crippen molar-refractivity contribution in [2.45, 2.75) is 24.3 Å². The summed E-state index contributed by atoms with van der Waals surface area (Å²) in [7, 11) is 0. The quantitative estimate of drug-likeness (QED) is 0.795. The van der Waals surface area contributed by atoms with Gasteiger partial charge in [-0.3, -0.25) is 4.79 Å². The summed E-state index contributed by atoms with van der Waals surface area (Å²) < 4.78 is 0. The number of amides is 1. The number of rotatable bonds is 1. The maximum Gasteiger partial charge on any atom is 0.264 e. The van der Waals surface area contributed by atoms with Crippen molar-refractivity contribution < 1.29 is 4.79 Å². The highest BCUT2D eigenvalue weighted by Gasteiger charge is 2.20. The minimum absolute atomic E-state index is 0.127. The van der Waals surface area contributed by atoms with Crippen molar-refractivity contribution >= 4 is 29.9 Å². The highest BCUT2D eigenvalue weighted by Crippen LogP contribution is 2.23. The van der Waals surface area contributed by atoms with E-state index >= 15 is 0 Å². The molecule has 0 unspecified atom stereocenters. The van der Waals surface area contributed by atoms with Crippen LogP contribution in [0, 0.1) is 0 Å². The number of thiol groups is 1. The first-order chi connectivity index (χ1) is 9.24. The van der Waals surface area contributed by atoms with Crippen molar-refractivity contribution in [3.63, 3.8) is 0 Å². The maximum absolute atomic E-state index is 12.5. The first kappa shape index (κ1) is 12.8. The van der Waals surface area contributed by atoms with E-state index in [1.165, 1.54) is 22.5 Å². The van der Waals surface area contributed by atoms with E-state index in [-0.39, 0.29) is 5.91 Å². The predicted octanol–water partition coefficient (Wildman–Crippen LogP) is 3.63. The van der Waals surface area contributed by atoms with Crippen LogP contribution < -0.4 is 0 Å². The Hall–Kier alpha value is -1.26. The van der Waals surface area contributed by atoms with E-state index in [0.29, 0.717) is 0 Å². The number of thiophene rings is 1. The van der Waals surface area contributed by atoms with Gasteiger partial charge in [0.1, 0.15) is 0 Å². The molecule has 1 aliphatic heterocycles. The van der Waals surface area contributed by atoms with Crippen LogP contribution in [0.4, 0.5) is 0 Å². The Morgan fingerprint density at radius 2 is 2.05 bits per heavy atom. The number of hydrogen-bond donors (Lipinski definition) is 1. The van der Waals surface area contributed by atoms with Crippen LogP contribution in [0.1, 0.15) is 27.2 Å². The maximum atomic E-state index is 12.5. The first-order valence-electron chi connectivity index (χ1n) is 6.37. The number of carbonyl (C=O) groups excluding carboxylic acids is 1. The monoisotopic (exact) mass is 289 g/mol. The van der Waals surface area contributed by atoms with Crippen molar-refractivity contribution in [1.82, 2.24) is 4.90 Å². The molecule has 2 aromatic rings. The van der Waals surface area contributed by atoms with Crippen LogP contribution >= 0.6 is 24.0 Å². The second-order valence-corrected chi connectivity index (χ2v) is 6.20. The topological polar surface area (TPSA) is 20.3 Å². The van der Waals surface area contributed by atoms with Gasteiger partial charge in [0, 0.05) is 23.4 Å². The van der Waals surface area contributed by atoms with Gasteiger partial charge >= 0.3 is 0 Å². The third kappa shape index (κ3) is 2.69. The number of fused-ring (bicyclic) bond motifs is 1. The van der Waals surface area contributed by atoms with E-state index in [4.69, 9.17) is 0 Å². The second kappa shape index (κ2) is 5.39. The molecule has 0 fully saturated rings.